The molecule has 0 aliphatic carbocycles. The van der Waals surface area contributed by atoms with Crippen LogP contribution < -0.4 is 5.32 Å². The molecule has 2 atom stereocenters. The number of fused-ring (bicyclic) bond motifs is 1. The van der Waals surface area contributed by atoms with Gasteiger partial charge >= 0.3 is 0 Å². The van der Waals surface area contributed by atoms with Gasteiger partial charge in [0.2, 0.25) is 11.8 Å². The molecule has 35 heavy (non-hydrogen) atoms. The van der Waals surface area contributed by atoms with Crippen LogP contribution in [0.1, 0.15) is 33.6 Å². The molecule has 2 aliphatic rings. The Labute approximate surface area is 207 Å². The lowest BCUT2D eigenvalue weighted by Crippen LogP contribution is -2.49. The minimum atomic E-state index is -0.775. The van der Waals surface area contributed by atoms with Gasteiger partial charge in [-0.1, -0.05) is 42.5 Å². The average Bonchev–Trinajstić information content (AvgIpc) is 3.55. The van der Waals surface area contributed by atoms with Crippen LogP contribution in [0.15, 0.2) is 54.0 Å². The van der Waals surface area contributed by atoms with Gasteiger partial charge in [0.05, 0.1) is 22.2 Å². The molecule has 1 fully saturated rings. The SMILES string of the molecule is Cc1ncsc1-c1ccc(CNC(=O)[C@@H]2C[C@@H](O)CN2C(=O)CN2Cc3ccccc3C2=O)cc1. The van der Waals surface area contributed by atoms with E-state index < -0.39 is 12.1 Å². The number of carbonyl (C=O) groups excluding carboxylic acids is 3. The summed E-state index contributed by atoms with van der Waals surface area (Å²) in [5.74, 6) is -0.841. The Morgan fingerprint density at radius 2 is 1.94 bits per heavy atom. The number of likely N-dealkylation sites (tertiary alicyclic amines) is 1. The van der Waals surface area contributed by atoms with Crippen LogP contribution in [-0.2, 0) is 22.7 Å². The second kappa shape index (κ2) is 9.59. The predicted molar refractivity (Wildman–Crippen MR) is 131 cm³/mol. The molecule has 0 saturated carbocycles. The normalized spacial score (nSPS) is 19.2. The van der Waals surface area contributed by atoms with Crippen molar-refractivity contribution in [3.05, 3.63) is 76.4 Å². The average molecular weight is 491 g/mol. The van der Waals surface area contributed by atoms with Crippen LogP contribution >= 0.6 is 11.3 Å². The van der Waals surface area contributed by atoms with Crippen LogP contribution in [0.2, 0.25) is 0 Å². The molecule has 0 bridgehead atoms. The quantitative estimate of drug-likeness (QED) is 0.552. The van der Waals surface area contributed by atoms with Gasteiger partial charge in [-0.3, -0.25) is 14.4 Å². The molecular weight excluding hydrogens is 464 g/mol. The highest BCUT2D eigenvalue weighted by molar-refractivity contribution is 7.13. The highest BCUT2D eigenvalue weighted by atomic mass is 32.1. The Kier molecular flexibility index (Phi) is 6.36. The number of aryl methyl sites for hydroxylation is 1. The lowest BCUT2D eigenvalue weighted by atomic mass is 10.1. The van der Waals surface area contributed by atoms with Crippen molar-refractivity contribution in [2.24, 2.45) is 0 Å². The fourth-order valence-electron chi connectivity index (χ4n) is 4.69. The third-order valence-corrected chi connectivity index (χ3v) is 7.53. The van der Waals surface area contributed by atoms with E-state index in [1.807, 2.05) is 48.8 Å². The van der Waals surface area contributed by atoms with E-state index >= 15 is 0 Å². The third kappa shape index (κ3) is 4.69. The molecule has 180 valence electrons. The van der Waals surface area contributed by atoms with Crippen LogP contribution in [-0.4, -0.2) is 62.8 Å². The zero-order chi connectivity index (χ0) is 24.5. The molecule has 9 heteroatoms. The van der Waals surface area contributed by atoms with E-state index in [1.54, 1.807) is 23.5 Å². The van der Waals surface area contributed by atoms with E-state index in [-0.39, 0.29) is 37.2 Å². The predicted octanol–water partition coefficient (Wildman–Crippen LogP) is 2.35. The van der Waals surface area contributed by atoms with Crippen molar-refractivity contribution < 1.29 is 19.5 Å². The molecule has 3 amide bonds. The van der Waals surface area contributed by atoms with E-state index in [4.69, 9.17) is 0 Å². The van der Waals surface area contributed by atoms with Crippen molar-refractivity contribution >= 4 is 29.1 Å². The van der Waals surface area contributed by atoms with E-state index in [0.717, 1.165) is 27.3 Å². The topological polar surface area (TPSA) is 103 Å². The summed E-state index contributed by atoms with van der Waals surface area (Å²) in [6.45, 7) is 2.61. The first-order valence-electron chi connectivity index (χ1n) is 11.5. The van der Waals surface area contributed by atoms with Gasteiger partial charge in [-0.05, 0) is 29.7 Å². The Bertz CT molecular complexity index is 1270. The maximum atomic E-state index is 13.0. The zero-order valence-electron chi connectivity index (χ0n) is 19.3. The summed E-state index contributed by atoms with van der Waals surface area (Å²) in [5.41, 5.74) is 6.31. The van der Waals surface area contributed by atoms with E-state index in [9.17, 15) is 19.5 Å². The number of hydrogen-bond donors (Lipinski definition) is 2. The van der Waals surface area contributed by atoms with Crippen LogP contribution in [0.4, 0.5) is 0 Å². The summed E-state index contributed by atoms with van der Waals surface area (Å²) >= 11 is 1.59. The van der Waals surface area contributed by atoms with E-state index in [1.165, 1.54) is 9.80 Å². The second-order valence-corrected chi connectivity index (χ2v) is 9.81. The number of aliphatic hydroxyl groups is 1. The molecule has 1 saturated heterocycles. The van der Waals surface area contributed by atoms with Gasteiger partial charge in [0.15, 0.2) is 0 Å². The molecule has 3 aromatic rings. The Morgan fingerprint density at radius 3 is 2.66 bits per heavy atom. The second-order valence-electron chi connectivity index (χ2n) is 8.95. The van der Waals surface area contributed by atoms with E-state index in [2.05, 4.69) is 10.3 Å². The number of β-amino-alcohol motifs (C(OH)–C–C–N with tert-alkyl or cyclic N) is 1. The van der Waals surface area contributed by atoms with Crippen molar-refractivity contribution in [2.45, 2.75) is 38.6 Å². The molecule has 5 rings (SSSR count). The van der Waals surface area contributed by atoms with Crippen molar-refractivity contribution in [1.82, 2.24) is 20.1 Å². The van der Waals surface area contributed by atoms with Crippen LogP contribution in [0, 0.1) is 6.92 Å². The van der Waals surface area contributed by atoms with E-state index in [0.29, 0.717) is 18.7 Å². The van der Waals surface area contributed by atoms with Crippen LogP contribution in [0.5, 0.6) is 0 Å². The molecule has 2 N–H and O–H groups in total. The first-order valence-corrected chi connectivity index (χ1v) is 12.4. The molecule has 0 radical (unpaired) electrons. The number of rotatable bonds is 6. The van der Waals surface area contributed by atoms with Gasteiger partial charge in [-0.2, -0.15) is 0 Å². The lowest BCUT2D eigenvalue weighted by molar-refractivity contribution is -0.139. The van der Waals surface area contributed by atoms with Crippen molar-refractivity contribution in [3.8, 4) is 10.4 Å². The fraction of sp³-hybridized carbons (Fsp3) is 0.308. The summed E-state index contributed by atoms with van der Waals surface area (Å²) in [5, 5.41) is 13.1. The van der Waals surface area contributed by atoms with Crippen molar-refractivity contribution in [3.63, 3.8) is 0 Å². The van der Waals surface area contributed by atoms with Crippen molar-refractivity contribution in [2.75, 3.05) is 13.1 Å². The number of nitrogens with one attached hydrogen (secondary N) is 1. The summed E-state index contributed by atoms with van der Waals surface area (Å²) in [4.78, 5) is 46.9. The number of aromatic nitrogens is 1. The lowest BCUT2D eigenvalue weighted by Gasteiger charge is -2.26. The minimum absolute atomic E-state index is 0.0782. The standard InChI is InChI=1S/C26H26N4O4S/c1-16-24(35-15-28-16)18-8-6-17(7-9-18)11-27-25(33)22-10-20(31)13-30(22)23(32)14-29-12-19-4-2-3-5-21(19)26(29)34/h2-9,15,20,22,31H,10-14H2,1H3,(H,27,33)/t20-,22+/m1/s1. The van der Waals surface area contributed by atoms with Gasteiger partial charge in [0, 0.05) is 31.6 Å². The summed E-state index contributed by atoms with van der Waals surface area (Å²) in [6.07, 6.45) is -0.599. The Morgan fingerprint density at radius 1 is 1.17 bits per heavy atom. The maximum Gasteiger partial charge on any atom is 0.254 e. The Balaban J connectivity index is 1.19. The molecular formula is C26H26N4O4S. The maximum absolute atomic E-state index is 13.0. The molecule has 0 unspecified atom stereocenters. The monoisotopic (exact) mass is 490 g/mol. The van der Waals surface area contributed by atoms with Crippen molar-refractivity contribution in [1.29, 1.82) is 0 Å². The molecule has 2 aromatic carbocycles. The largest absolute Gasteiger partial charge is 0.391 e. The fourth-order valence-corrected chi connectivity index (χ4v) is 5.51. The smallest absolute Gasteiger partial charge is 0.254 e. The molecule has 8 nitrogen and oxygen atoms in total. The highest BCUT2D eigenvalue weighted by Gasteiger charge is 2.40. The summed E-state index contributed by atoms with van der Waals surface area (Å²) < 4.78 is 0. The molecule has 1 aromatic heterocycles. The molecule has 2 aliphatic heterocycles. The first kappa shape index (κ1) is 23.2. The third-order valence-electron chi connectivity index (χ3n) is 6.55. The Hall–Kier alpha value is -3.56. The number of carbonyl (C=O) groups is 3. The highest BCUT2D eigenvalue weighted by Crippen LogP contribution is 2.27. The van der Waals surface area contributed by atoms with Crippen LogP contribution in [0.25, 0.3) is 10.4 Å². The molecule has 3 heterocycles. The number of thiazole rings is 1. The van der Waals surface area contributed by atoms with Gasteiger partial charge < -0.3 is 20.2 Å². The minimum Gasteiger partial charge on any atom is -0.391 e. The first-order chi connectivity index (χ1) is 16.9. The number of benzene rings is 2. The summed E-state index contributed by atoms with van der Waals surface area (Å²) in [6, 6.07) is 14.4. The van der Waals surface area contributed by atoms with Gasteiger partial charge in [-0.25, -0.2) is 4.98 Å². The van der Waals surface area contributed by atoms with Gasteiger partial charge in [0.25, 0.3) is 5.91 Å². The van der Waals surface area contributed by atoms with Gasteiger partial charge in [0.1, 0.15) is 12.6 Å². The number of nitrogens with zero attached hydrogens (tertiary/aromatic N) is 3. The molecule has 0 spiro atoms. The van der Waals surface area contributed by atoms with Gasteiger partial charge in [-0.15, -0.1) is 11.3 Å². The number of amides is 3. The summed E-state index contributed by atoms with van der Waals surface area (Å²) in [7, 11) is 0. The number of aliphatic hydroxyl groups excluding tert-OH is 1. The zero-order valence-corrected chi connectivity index (χ0v) is 20.1. The van der Waals surface area contributed by atoms with Crippen LogP contribution in [0.3, 0.4) is 0 Å². The number of hydrogen-bond acceptors (Lipinski definition) is 6.